The van der Waals surface area contributed by atoms with E-state index in [1.54, 1.807) is 33.2 Å². The quantitative estimate of drug-likeness (QED) is 0.656. The molecule has 1 saturated carbocycles. The summed E-state index contributed by atoms with van der Waals surface area (Å²) in [7, 11) is 6.79. The van der Waals surface area contributed by atoms with Crippen LogP contribution in [0.15, 0.2) is 23.4 Å². The highest BCUT2D eigenvalue weighted by molar-refractivity contribution is 7.99. The van der Waals surface area contributed by atoms with Crippen LogP contribution in [0.4, 0.5) is 0 Å². The van der Waals surface area contributed by atoms with Crippen molar-refractivity contribution in [3.8, 4) is 22.9 Å². The highest BCUT2D eigenvalue weighted by Crippen LogP contribution is 2.38. The van der Waals surface area contributed by atoms with Gasteiger partial charge in [-0.15, -0.1) is 10.2 Å². The summed E-state index contributed by atoms with van der Waals surface area (Å²) in [4.78, 5) is 13.7. The maximum atomic E-state index is 12.1. The van der Waals surface area contributed by atoms with Gasteiger partial charge >= 0.3 is 0 Å². The van der Waals surface area contributed by atoms with Gasteiger partial charge in [0.25, 0.3) is 0 Å². The van der Waals surface area contributed by atoms with Gasteiger partial charge in [-0.25, -0.2) is 0 Å². The molecule has 1 aromatic heterocycles. The normalized spacial score (nSPS) is 14.7. The van der Waals surface area contributed by atoms with Crippen molar-refractivity contribution in [2.45, 2.75) is 43.3 Å². The lowest BCUT2D eigenvalue weighted by Crippen LogP contribution is -2.24. The molecular weight excluding hydrogens is 376 g/mol. The van der Waals surface area contributed by atoms with E-state index in [1.165, 1.54) is 31.0 Å². The van der Waals surface area contributed by atoms with Gasteiger partial charge in [-0.3, -0.25) is 9.36 Å². The second-order valence-corrected chi connectivity index (χ2v) is 8.06. The van der Waals surface area contributed by atoms with E-state index in [0.717, 1.165) is 29.4 Å². The van der Waals surface area contributed by atoms with Gasteiger partial charge < -0.3 is 14.4 Å². The highest BCUT2D eigenvalue weighted by atomic mass is 32.2. The van der Waals surface area contributed by atoms with Crippen LogP contribution in [-0.2, 0) is 4.79 Å². The van der Waals surface area contributed by atoms with Crippen LogP contribution in [0.5, 0.6) is 11.5 Å². The van der Waals surface area contributed by atoms with Crippen molar-refractivity contribution >= 4 is 17.7 Å². The molecule has 0 N–H and O–H groups in total. The minimum Gasteiger partial charge on any atom is -0.493 e. The van der Waals surface area contributed by atoms with Crippen LogP contribution in [0.2, 0.25) is 0 Å². The topological polar surface area (TPSA) is 69.5 Å². The first-order chi connectivity index (χ1) is 13.5. The fourth-order valence-electron chi connectivity index (χ4n) is 3.47. The van der Waals surface area contributed by atoms with E-state index in [9.17, 15) is 4.79 Å². The van der Waals surface area contributed by atoms with Crippen molar-refractivity contribution in [1.82, 2.24) is 19.7 Å². The number of benzene rings is 1. The molecule has 7 nitrogen and oxygen atoms in total. The molecule has 0 radical (unpaired) electrons. The van der Waals surface area contributed by atoms with Gasteiger partial charge in [-0.2, -0.15) is 0 Å². The molecular formula is C20H28N4O3S. The summed E-state index contributed by atoms with van der Waals surface area (Å²) in [5.41, 5.74) is 0.932. The predicted molar refractivity (Wildman–Crippen MR) is 110 cm³/mol. The SMILES string of the molecule is COc1ccc(-c2nnc(SCC(=O)N(C)C)n2C2CCCCC2)cc1OC. The largest absolute Gasteiger partial charge is 0.493 e. The van der Waals surface area contributed by atoms with Gasteiger partial charge in [0.15, 0.2) is 22.5 Å². The fourth-order valence-corrected chi connectivity index (χ4v) is 4.46. The number of nitrogens with zero attached hydrogens (tertiary/aromatic N) is 4. The van der Waals surface area contributed by atoms with E-state index in [1.807, 2.05) is 18.2 Å². The van der Waals surface area contributed by atoms with E-state index >= 15 is 0 Å². The Balaban J connectivity index is 1.97. The Morgan fingerprint density at radius 1 is 1.14 bits per heavy atom. The summed E-state index contributed by atoms with van der Waals surface area (Å²) in [6.45, 7) is 0. The zero-order chi connectivity index (χ0) is 20.1. The summed E-state index contributed by atoms with van der Waals surface area (Å²) in [6, 6.07) is 6.14. The van der Waals surface area contributed by atoms with Crippen LogP contribution in [0.25, 0.3) is 11.4 Å². The molecule has 1 aliphatic rings. The van der Waals surface area contributed by atoms with Crippen molar-refractivity contribution in [1.29, 1.82) is 0 Å². The third kappa shape index (κ3) is 4.43. The van der Waals surface area contributed by atoms with Crippen LogP contribution in [0.1, 0.15) is 38.1 Å². The zero-order valence-corrected chi connectivity index (χ0v) is 17.8. The smallest absolute Gasteiger partial charge is 0.232 e. The minimum absolute atomic E-state index is 0.0656. The number of carbonyl (C=O) groups is 1. The molecule has 8 heteroatoms. The van der Waals surface area contributed by atoms with E-state index in [2.05, 4.69) is 14.8 Å². The predicted octanol–water partition coefficient (Wildman–Crippen LogP) is 3.65. The summed E-state index contributed by atoms with van der Waals surface area (Å²) in [6.07, 6.45) is 5.89. The second-order valence-electron chi connectivity index (χ2n) is 7.11. The van der Waals surface area contributed by atoms with E-state index in [0.29, 0.717) is 23.3 Å². The van der Waals surface area contributed by atoms with Gasteiger partial charge in [0.2, 0.25) is 5.91 Å². The number of methoxy groups -OCH3 is 2. The van der Waals surface area contributed by atoms with Gasteiger partial charge in [0.05, 0.1) is 20.0 Å². The van der Waals surface area contributed by atoms with Crippen LogP contribution in [-0.4, -0.2) is 59.6 Å². The van der Waals surface area contributed by atoms with Gasteiger partial charge in [-0.1, -0.05) is 31.0 Å². The summed E-state index contributed by atoms with van der Waals surface area (Å²) in [5.74, 6) is 2.57. The molecule has 28 heavy (non-hydrogen) atoms. The number of aromatic nitrogens is 3. The minimum atomic E-state index is 0.0656. The highest BCUT2D eigenvalue weighted by Gasteiger charge is 2.25. The van der Waals surface area contributed by atoms with Crippen molar-refractivity contribution in [2.75, 3.05) is 34.1 Å². The molecule has 1 aliphatic carbocycles. The molecule has 2 aromatic rings. The Bertz CT molecular complexity index is 816. The van der Waals surface area contributed by atoms with E-state index in [4.69, 9.17) is 9.47 Å². The number of carbonyl (C=O) groups excluding carboxylic acids is 1. The second kappa shape index (κ2) is 9.32. The Morgan fingerprint density at radius 2 is 1.86 bits per heavy atom. The first-order valence-electron chi connectivity index (χ1n) is 9.55. The summed E-state index contributed by atoms with van der Waals surface area (Å²) >= 11 is 1.45. The van der Waals surface area contributed by atoms with Gasteiger partial charge in [-0.05, 0) is 31.0 Å². The Labute approximate surface area is 170 Å². The zero-order valence-electron chi connectivity index (χ0n) is 17.0. The van der Waals surface area contributed by atoms with Crippen LogP contribution < -0.4 is 9.47 Å². The summed E-state index contributed by atoms with van der Waals surface area (Å²) < 4.78 is 13.0. The number of ether oxygens (including phenoxy) is 2. The van der Waals surface area contributed by atoms with Gasteiger partial charge in [0, 0.05) is 25.7 Å². The molecule has 0 atom stereocenters. The van der Waals surface area contributed by atoms with E-state index < -0.39 is 0 Å². The maximum absolute atomic E-state index is 12.1. The first kappa shape index (κ1) is 20.5. The lowest BCUT2D eigenvalue weighted by atomic mass is 9.95. The monoisotopic (exact) mass is 404 g/mol. The molecule has 1 heterocycles. The molecule has 0 saturated heterocycles. The third-order valence-corrected chi connectivity index (χ3v) is 6.00. The maximum Gasteiger partial charge on any atom is 0.232 e. The molecule has 3 rings (SSSR count). The number of amides is 1. The standard InChI is InChI=1S/C20H28N4O3S/c1-23(2)18(25)13-28-20-22-21-19(24(20)15-8-6-5-7-9-15)14-10-11-16(26-3)17(12-14)27-4/h10-12,15H,5-9,13H2,1-4H3. The first-order valence-corrected chi connectivity index (χ1v) is 10.5. The molecule has 1 fully saturated rings. The average Bonchev–Trinajstić information content (AvgIpc) is 3.15. The number of hydrogen-bond acceptors (Lipinski definition) is 6. The van der Waals surface area contributed by atoms with Crippen molar-refractivity contribution in [2.24, 2.45) is 0 Å². The van der Waals surface area contributed by atoms with Crippen molar-refractivity contribution in [3.63, 3.8) is 0 Å². The number of rotatable bonds is 7. The van der Waals surface area contributed by atoms with Crippen LogP contribution in [0.3, 0.4) is 0 Å². The van der Waals surface area contributed by atoms with Gasteiger partial charge in [0.1, 0.15) is 0 Å². The molecule has 0 bridgehead atoms. The van der Waals surface area contributed by atoms with E-state index in [-0.39, 0.29) is 5.91 Å². The Kier molecular flexibility index (Phi) is 6.83. The molecule has 0 aliphatic heterocycles. The lowest BCUT2D eigenvalue weighted by molar-refractivity contribution is -0.125. The fraction of sp³-hybridized carbons (Fsp3) is 0.550. The summed E-state index contributed by atoms with van der Waals surface area (Å²) in [5, 5.41) is 9.71. The number of thioether (sulfide) groups is 1. The molecule has 1 amide bonds. The van der Waals surface area contributed by atoms with Crippen LogP contribution in [0, 0.1) is 0 Å². The third-order valence-electron chi connectivity index (χ3n) is 5.07. The van der Waals surface area contributed by atoms with Crippen molar-refractivity contribution in [3.05, 3.63) is 18.2 Å². The molecule has 0 spiro atoms. The van der Waals surface area contributed by atoms with Crippen LogP contribution >= 0.6 is 11.8 Å². The van der Waals surface area contributed by atoms with Crippen molar-refractivity contribution < 1.29 is 14.3 Å². The average molecular weight is 405 g/mol. The number of hydrogen-bond donors (Lipinski definition) is 0. The Morgan fingerprint density at radius 3 is 2.50 bits per heavy atom. The molecule has 1 aromatic carbocycles. The lowest BCUT2D eigenvalue weighted by Gasteiger charge is -2.25. The molecule has 152 valence electrons. The Hall–Kier alpha value is -2.22. The molecule has 0 unspecified atom stereocenters.